The van der Waals surface area contributed by atoms with Crippen LogP contribution < -0.4 is 5.32 Å². The highest BCUT2D eigenvalue weighted by molar-refractivity contribution is 5.78. The van der Waals surface area contributed by atoms with Gasteiger partial charge in [-0.15, -0.1) is 0 Å². The summed E-state index contributed by atoms with van der Waals surface area (Å²) in [6, 6.07) is 14.7. The predicted octanol–water partition coefficient (Wildman–Crippen LogP) is 3.03. The van der Waals surface area contributed by atoms with Gasteiger partial charge in [0.05, 0.1) is 17.8 Å². The van der Waals surface area contributed by atoms with Crippen LogP contribution in [0.4, 0.5) is 0 Å². The molecule has 0 saturated heterocycles. The summed E-state index contributed by atoms with van der Waals surface area (Å²) < 4.78 is 2.15. The largest absolute Gasteiger partial charge is 0.313 e. The zero-order valence-electron chi connectivity index (χ0n) is 11.2. The van der Waals surface area contributed by atoms with Crippen LogP contribution in [-0.2, 0) is 6.54 Å². The third kappa shape index (κ3) is 2.13. The van der Waals surface area contributed by atoms with Gasteiger partial charge in [-0.1, -0.05) is 29.8 Å². The van der Waals surface area contributed by atoms with Crippen LogP contribution in [0.5, 0.6) is 0 Å². The Labute approximate surface area is 112 Å². The second kappa shape index (κ2) is 4.86. The van der Waals surface area contributed by atoms with Crippen molar-refractivity contribution < 1.29 is 0 Å². The minimum absolute atomic E-state index is 0.761. The fourth-order valence-electron chi connectivity index (χ4n) is 2.39. The summed E-state index contributed by atoms with van der Waals surface area (Å²) in [5.74, 6) is 1.04. The average molecular weight is 251 g/mol. The topological polar surface area (TPSA) is 29.3 Å². The van der Waals surface area contributed by atoms with E-state index < -0.39 is 0 Å². The van der Waals surface area contributed by atoms with Gasteiger partial charge < -0.3 is 9.72 Å². The fourth-order valence-corrected chi connectivity index (χ4v) is 2.39. The molecule has 0 radical (unpaired) electrons. The molecule has 2 aromatic heterocycles. The summed E-state index contributed by atoms with van der Waals surface area (Å²) >= 11 is 0. The van der Waals surface area contributed by atoms with Crippen molar-refractivity contribution in [2.24, 2.45) is 0 Å². The van der Waals surface area contributed by atoms with Crippen LogP contribution in [-0.4, -0.2) is 16.4 Å². The molecule has 0 amide bonds. The number of fused-ring (bicyclic) bond motifs is 1. The molecule has 0 saturated carbocycles. The maximum absolute atomic E-state index is 4.79. The van der Waals surface area contributed by atoms with Crippen molar-refractivity contribution in [1.29, 1.82) is 0 Å². The van der Waals surface area contributed by atoms with Crippen LogP contribution >= 0.6 is 0 Å². The molecule has 0 spiro atoms. The third-order valence-electron chi connectivity index (χ3n) is 3.25. The van der Waals surface area contributed by atoms with E-state index in [0.29, 0.717) is 0 Å². The normalized spacial score (nSPS) is 11.1. The van der Waals surface area contributed by atoms with Crippen molar-refractivity contribution in [2.45, 2.75) is 13.5 Å². The van der Waals surface area contributed by atoms with Gasteiger partial charge in [0, 0.05) is 11.8 Å². The Kier molecular flexibility index (Phi) is 3.05. The molecule has 3 nitrogen and oxygen atoms in total. The number of benzene rings is 1. The lowest BCUT2D eigenvalue weighted by molar-refractivity contribution is 0.756. The Morgan fingerprint density at radius 3 is 2.84 bits per heavy atom. The van der Waals surface area contributed by atoms with Crippen molar-refractivity contribution >= 4 is 5.52 Å². The number of hydrogen-bond donors (Lipinski definition) is 1. The summed E-state index contributed by atoms with van der Waals surface area (Å²) in [6.45, 7) is 2.87. The maximum atomic E-state index is 4.79. The number of imidazole rings is 1. The van der Waals surface area contributed by atoms with Gasteiger partial charge in [0.25, 0.3) is 0 Å². The Morgan fingerprint density at radius 2 is 2.05 bits per heavy atom. The standard InChI is InChI=1S/C16H17N3/c1-12-6-5-7-13(10-12)16-14-8-3-4-9-19(14)15(18-16)11-17-2/h3-10,17H,11H2,1-2H3. The number of nitrogens with zero attached hydrogens (tertiary/aromatic N) is 2. The van der Waals surface area contributed by atoms with E-state index in [0.717, 1.165) is 23.6 Å². The van der Waals surface area contributed by atoms with Crippen LogP contribution in [0.3, 0.4) is 0 Å². The Bertz CT molecular complexity index is 713. The van der Waals surface area contributed by atoms with Crippen LogP contribution in [0.15, 0.2) is 48.7 Å². The minimum atomic E-state index is 0.761. The molecule has 0 unspecified atom stereocenters. The van der Waals surface area contributed by atoms with Gasteiger partial charge in [0.15, 0.2) is 0 Å². The van der Waals surface area contributed by atoms with Crippen molar-refractivity contribution in [3.63, 3.8) is 0 Å². The zero-order valence-corrected chi connectivity index (χ0v) is 11.2. The second-order valence-corrected chi connectivity index (χ2v) is 4.73. The second-order valence-electron chi connectivity index (χ2n) is 4.73. The lowest BCUT2D eigenvalue weighted by atomic mass is 10.1. The van der Waals surface area contributed by atoms with Crippen LogP contribution in [0.1, 0.15) is 11.4 Å². The number of pyridine rings is 1. The molecule has 1 N–H and O–H groups in total. The van der Waals surface area contributed by atoms with E-state index in [1.165, 1.54) is 11.1 Å². The molecule has 0 atom stereocenters. The Hall–Kier alpha value is -2.13. The van der Waals surface area contributed by atoms with Crippen molar-refractivity contribution in [1.82, 2.24) is 14.7 Å². The molecule has 3 heteroatoms. The van der Waals surface area contributed by atoms with Gasteiger partial charge in [-0.3, -0.25) is 0 Å². The van der Waals surface area contributed by atoms with E-state index in [1.807, 2.05) is 13.1 Å². The first kappa shape index (κ1) is 11.9. The number of aromatic nitrogens is 2. The van der Waals surface area contributed by atoms with Gasteiger partial charge >= 0.3 is 0 Å². The zero-order chi connectivity index (χ0) is 13.2. The van der Waals surface area contributed by atoms with Gasteiger partial charge in [0.1, 0.15) is 5.82 Å². The summed E-state index contributed by atoms with van der Waals surface area (Å²) in [6.07, 6.45) is 2.06. The smallest absolute Gasteiger partial charge is 0.128 e. The first-order valence-electron chi connectivity index (χ1n) is 6.47. The van der Waals surface area contributed by atoms with E-state index in [4.69, 9.17) is 4.98 Å². The summed E-state index contributed by atoms with van der Waals surface area (Å²) in [4.78, 5) is 4.79. The SMILES string of the molecule is CNCc1nc(-c2cccc(C)c2)c2ccccn12. The molecule has 0 bridgehead atoms. The highest BCUT2D eigenvalue weighted by Crippen LogP contribution is 2.25. The highest BCUT2D eigenvalue weighted by atomic mass is 15.1. The number of nitrogens with one attached hydrogen (secondary N) is 1. The highest BCUT2D eigenvalue weighted by Gasteiger charge is 2.11. The molecule has 3 rings (SSSR count). The number of hydrogen-bond acceptors (Lipinski definition) is 2. The quantitative estimate of drug-likeness (QED) is 0.775. The molecular formula is C16H17N3. The van der Waals surface area contributed by atoms with Crippen molar-refractivity contribution in [2.75, 3.05) is 7.05 Å². The summed E-state index contributed by atoms with van der Waals surface area (Å²) in [5.41, 5.74) is 4.63. The summed E-state index contributed by atoms with van der Waals surface area (Å²) in [7, 11) is 1.94. The van der Waals surface area contributed by atoms with Crippen molar-refractivity contribution in [3.05, 3.63) is 60.0 Å². The monoisotopic (exact) mass is 251 g/mol. The average Bonchev–Trinajstić information content (AvgIpc) is 2.79. The van der Waals surface area contributed by atoms with Crippen molar-refractivity contribution in [3.8, 4) is 11.3 Å². The Morgan fingerprint density at radius 1 is 1.16 bits per heavy atom. The third-order valence-corrected chi connectivity index (χ3v) is 3.25. The van der Waals surface area contributed by atoms with E-state index in [9.17, 15) is 0 Å². The van der Waals surface area contributed by atoms with E-state index >= 15 is 0 Å². The van der Waals surface area contributed by atoms with Crippen LogP contribution in [0.25, 0.3) is 16.8 Å². The van der Waals surface area contributed by atoms with Gasteiger partial charge in [-0.25, -0.2) is 4.98 Å². The predicted molar refractivity (Wildman–Crippen MR) is 78.1 cm³/mol. The van der Waals surface area contributed by atoms with E-state index in [1.54, 1.807) is 0 Å². The van der Waals surface area contributed by atoms with Gasteiger partial charge in [-0.2, -0.15) is 0 Å². The lowest BCUT2D eigenvalue weighted by Gasteiger charge is -2.00. The maximum Gasteiger partial charge on any atom is 0.128 e. The molecule has 19 heavy (non-hydrogen) atoms. The number of aryl methyl sites for hydroxylation is 1. The van der Waals surface area contributed by atoms with Gasteiger partial charge in [-0.05, 0) is 32.2 Å². The van der Waals surface area contributed by atoms with Crippen LogP contribution in [0.2, 0.25) is 0 Å². The van der Waals surface area contributed by atoms with E-state index in [-0.39, 0.29) is 0 Å². The molecule has 0 fully saturated rings. The molecular weight excluding hydrogens is 234 g/mol. The molecule has 96 valence electrons. The van der Waals surface area contributed by atoms with Crippen LogP contribution in [0, 0.1) is 6.92 Å². The molecule has 0 aliphatic rings. The lowest BCUT2D eigenvalue weighted by Crippen LogP contribution is -2.08. The molecule has 3 aromatic rings. The minimum Gasteiger partial charge on any atom is -0.313 e. The molecule has 1 aromatic carbocycles. The Balaban J connectivity index is 2.23. The first-order chi connectivity index (χ1) is 9.29. The van der Waals surface area contributed by atoms with E-state index in [2.05, 4.69) is 59.2 Å². The fraction of sp³-hybridized carbons (Fsp3) is 0.188. The molecule has 0 aliphatic heterocycles. The molecule has 0 aliphatic carbocycles. The molecule has 2 heterocycles. The summed E-state index contributed by atoms with van der Waals surface area (Å²) in [5, 5.41) is 3.17. The van der Waals surface area contributed by atoms with Gasteiger partial charge in [0.2, 0.25) is 0 Å². The number of rotatable bonds is 3. The first-order valence-corrected chi connectivity index (χ1v) is 6.47.